The van der Waals surface area contributed by atoms with Gasteiger partial charge in [-0.3, -0.25) is 0 Å². The summed E-state index contributed by atoms with van der Waals surface area (Å²) in [6.07, 6.45) is 1.46. The Balaban J connectivity index is 2.45. The Morgan fingerprint density at radius 3 is 2.75 bits per heavy atom. The number of rotatable bonds is 7. The van der Waals surface area contributed by atoms with Gasteiger partial charge in [0, 0.05) is 19.8 Å². The van der Waals surface area contributed by atoms with Crippen LogP contribution in [0, 0.1) is 11.3 Å². The van der Waals surface area contributed by atoms with Gasteiger partial charge in [0.2, 0.25) is 0 Å². The van der Waals surface area contributed by atoms with Crippen LogP contribution in [0.5, 0.6) is 0 Å². The highest BCUT2D eigenvalue weighted by Crippen LogP contribution is 2.15. The molecular formula is C13H18N2O. The van der Waals surface area contributed by atoms with Crippen molar-refractivity contribution < 1.29 is 4.74 Å². The van der Waals surface area contributed by atoms with Gasteiger partial charge in [0.15, 0.2) is 0 Å². The molecule has 1 rings (SSSR count). The van der Waals surface area contributed by atoms with E-state index in [9.17, 15) is 0 Å². The van der Waals surface area contributed by atoms with Crippen LogP contribution in [0.15, 0.2) is 30.3 Å². The van der Waals surface area contributed by atoms with E-state index in [-0.39, 0.29) is 6.04 Å². The number of nitriles is 1. The van der Waals surface area contributed by atoms with E-state index >= 15 is 0 Å². The van der Waals surface area contributed by atoms with E-state index in [1.54, 1.807) is 7.11 Å². The number of nitrogens with zero attached hydrogens (tertiary/aromatic N) is 1. The molecule has 1 atom stereocenters. The van der Waals surface area contributed by atoms with Crippen LogP contribution in [-0.2, 0) is 4.74 Å². The molecule has 86 valence electrons. The van der Waals surface area contributed by atoms with Crippen LogP contribution in [0.3, 0.4) is 0 Å². The maximum atomic E-state index is 8.79. The predicted octanol–water partition coefficient (Wildman–Crippen LogP) is 2.27. The van der Waals surface area contributed by atoms with Crippen molar-refractivity contribution in [2.24, 2.45) is 0 Å². The molecule has 0 aliphatic carbocycles. The number of hydrogen-bond donors (Lipinski definition) is 1. The molecule has 1 unspecified atom stereocenters. The lowest BCUT2D eigenvalue weighted by atomic mass is 10.0. The second kappa shape index (κ2) is 7.86. The lowest BCUT2D eigenvalue weighted by Gasteiger charge is -2.15. The Hall–Kier alpha value is -1.37. The van der Waals surface area contributed by atoms with Crippen LogP contribution < -0.4 is 5.32 Å². The molecule has 0 bridgehead atoms. The van der Waals surface area contributed by atoms with E-state index in [2.05, 4.69) is 11.4 Å². The number of ether oxygens (including phenoxy) is 1. The Labute approximate surface area is 97.0 Å². The third kappa shape index (κ3) is 4.43. The third-order valence-corrected chi connectivity index (χ3v) is 2.41. The molecule has 0 aliphatic rings. The van der Waals surface area contributed by atoms with Gasteiger partial charge in [-0.1, -0.05) is 30.3 Å². The van der Waals surface area contributed by atoms with Crippen molar-refractivity contribution in [3.63, 3.8) is 0 Å². The van der Waals surface area contributed by atoms with Crippen LogP contribution in [0.1, 0.15) is 24.4 Å². The summed E-state index contributed by atoms with van der Waals surface area (Å²) in [6, 6.07) is 12.4. The average molecular weight is 218 g/mol. The van der Waals surface area contributed by atoms with Crippen molar-refractivity contribution in [2.45, 2.75) is 18.9 Å². The second-order valence-corrected chi connectivity index (χ2v) is 3.63. The van der Waals surface area contributed by atoms with Crippen molar-refractivity contribution >= 4 is 0 Å². The maximum Gasteiger partial charge on any atom is 0.0641 e. The van der Waals surface area contributed by atoms with Gasteiger partial charge in [0.05, 0.1) is 12.5 Å². The minimum absolute atomic E-state index is 0.128. The summed E-state index contributed by atoms with van der Waals surface area (Å²) in [5.41, 5.74) is 1.17. The van der Waals surface area contributed by atoms with Gasteiger partial charge in [-0.25, -0.2) is 0 Å². The fraction of sp³-hybridized carbons (Fsp3) is 0.462. The number of nitrogens with one attached hydrogen (secondary N) is 1. The molecule has 0 saturated heterocycles. The van der Waals surface area contributed by atoms with Gasteiger partial charge in [0.1, 0.15) is 0 Å². The first-order valence-electron chi connectivity index (χ1n) is 5.52. The van der Waals surface area contributed by atoms with Gasteiger partial charge >= 0.3 is 0 Å². The Bertz CT molecular complexity index is 318. The zero-order chi connectivity index (χ0) is 11.6. The largest absolute Gasteiger partial charge is 0.385 e. The molecule has 1 aromatic carbocycles. The maximum absolute atomic E-state index is 8.79. The van der Waals surface area contributed by atoms with Crippen molar-refractivity contribution in [2.75, 3.05) is 20.3 Å². The quantitative estimate of drug-likeness (QED) is 0.714. The zero-order valence-corrected chi connectivity index (χ0v) is 9.65. The second-order valence-electron chi connectivity index (χ2n) is 3.63. The highest BCUT2D eigenvalue weighted by molar-refractivity contribution is 5.19. The summed E-state index contributed by atoms with van der Waals surface area (Å²) in [7, 11) is 1.70. The summed E-state index contributed by atoms with van der Waals surface area (Å²) < 4.78 is 4.98. The summed E-state index contributed by atoms with van der Waals surface area (Å²) in [5, 5.41) is 12.2. The molecule has 3 nitrogen and oxygen atoms in total. The van der Waals surface area contributed by atoms with Crippen LogP contribution in [-0.4, -0.2) is 20.3 Å². The van der Waals surface area contributed by atoms with Crippen molar-refractivity contribution in [3.05, 3.63) is 35.9 Å². The van der Waals surface area contributed by atoms with Crippen LogP contribution in [0.2, 0.25) is 0 Å². The van der Waals surface area contributed by atoms with Crippen molar-refractivity contribution in [1.82, 2.24) is 5.32 Å². The Morgan fingerprint density at radius 1 is 1.38 bits per heavy atom. The number of benzene rings is 1. The topological polar surface area (TPSA) is 45.0 Å². The zero-order valence-electron chi connectivity index (χ0n) is 9.65. The van der Waals surface area contributed by atoms with Gasteiger partial charge < -0.3 is 10.1 Å². The highest BCUT2D eigenvalue weighted by atomic mass is 16.5. The first kappa shape index (κ1) is 12.7. The molecule has 0 fully saturated rings. The average Bonchev–Trinajstić information content (AvgIpc) is 2.34. The SMILES string of the molecule is COCCCNC(CC#N)c1ccccc1. The first-order valence-corrected chi connectivity index (χ1v) is 5.52. The summed E-state index contributed by atoms with van der Waals surface area (Å²) in [4.78, 5) is 0. The molecule has 0 heterocycles. The van der Waals surface area contributed by atoms with E-state index in [0.29, 0.717) is 6.42 Å². The number of methoxy groups -OCH3 is 1. The predicted molar refractivity (Wildman–Crippen MR) is 63.9 cm³/mol. The molecule has 0 spiro atoms. The Kier molecular flexibility index (Phi) is 6.24. The van der Waals surface area contributed by atoms with E-state index in [0.717, 1.165) is 19.6 Å². The molecular weight excluding hydrogens is 200 g/mol. The van der Waals surface area contributed by atoms with E-state index in [4.69, 9.17) is 10.00 Å². The molecule has 0 aromatic heterocycles. The normalized spacial score (nSPS) is 12.0. The fourth-order valence-electron chi connectivity index (χ4n) is 1.58. The summed E-state index contributed by atoms with van der Waals surface area (Å²) in [6.45, 7) is 1.62. The van der Waals surface area contributed by atoms with Crippen molar-refractivity contribution in [1.29, 1.82) is 5.26 Å². The molecule has 0 amide bonds. The van der Waals surface area contributed by atoms with Crippen molar-refractivity contribution in [3.8, 4) is 6.07 Å². The summed E-state index contributed by atoms with van der Waals surface area (Å²) in [5.74, 6) is 0. The minimum atomic E-state index is 0.128. The molecule has 3 heteroatoms. The van der Waals surface area contributed by atoms with Gasteiger partial charge in [-0.05, 0) is 18.5 Å². The highest BCUT2D eigenvalue weighted by Gasteiger charge is 2.08. The fourth-order valence-corrected chi connectivity index (χ4v) is 1.58. The monoisotopic (exact) mass is 218 g/mol. The molecule has 0 aliphatic heterocycles. The van der Waals surface area contributed by atoms with Gasteiger partial charge in [-0.2, -0.15) is 5.26 Å². The van der Waals surface area contributed by atoms with E-state index < -0.39 is 0 Å². The molecule has 0 saturated carbocycles. The van der Waals surface area contributed by atoms with E-state index in [1.165, 1.54) is 5.56 Å². The van der Waals surface area contributed by atoms with Crippen LogP contribution in [0.4, 0.5) is 0 Å². The van der Waals surface area contributed by atoms with Gasteiger partial charge in [0.25, 0.3) is 0 Å². The van der Waals surface area contributed by atoms with Crippen LogP contribution in [0.25, 0.3) is 0 Å². The minimum Gasteiger partial charge on any atom is -0.385 e. The number of hydrogen-bond acceptors (Lipinski definition) is 3. The Morgan fingerprint density at radius 2 is 2.12 bits per heavy atom. The van der Waals surface area contributed by atoms with Gasteiger partial charge in [-0.15, -0.1) is 0 Å². The molecule has 1 N–H and O–H groups in total. The lowest BCUT2D eigenvalue weighted by molar-refractivity contribution is 0.193. The molecule has 16 heavy (non-hydrogen) atoms. The molecule has 1 aromatic rings. The standard InChI is InChI=1S/C13H18N2O/c1-16-11-5-10-15-13(8-9-14)12-6-3-2-4-7-12/h2-4,6-7,13,15H,5,8,10-11H2,1H3. The molecule has 0 radical (unpaired) electrons. The van der Waals surface area contributed by atoms with E-state index in [1.807, 2.05) is 30.3 Å². The smallest absolute Gasteiger partial charge is 0.0641 e. The lowest BCUT2D eigenvalue weighted by Crippen LogP contribution is -2.23. The first-order chi connectivity index (χ1) is 7.88. The third-order valence-electron chi connectivity index (χ3n) is 2.41. The van der Waals surface area contributed by atoms with Crippen LogP contribution >= 0.6 is 0 Å². The summed E-state index contributed by atoms with van der Waals surface area (Å²) >= 11 is 0.